The molecule has 1 rings (SSSR count). The van der Waals surface area contributed by atoms with Gasteiger partial charge in [0, 0.05) is 5.57 Å². The molecule has 0 heterocycles. The second kappa shape index (κ2) is 15.5. The average molecular weight is 419 g/mol. The van der Waals surface area contributed by atoms with Gasteiger partial charge in [-0.1, -0.05) is 63.3 Å². The highest BCUT2D eigenvalue weighted by atomic mass is 16.5. The van der Waals surface area contributed by atoms with E-state index in [0.29, 0.717) is 6.42 Å². The van der Waals surface area contributed by atoms with Gasteiger partial charge < -0.3 is 14.6 Å². The van der Waals surface area contributed by atoms with E-state index in [1.807, 2.05) is 0 Å². The molecule has 0 radical (unpaired) electrons. The van der Waals surface area contributed by atoms with Crippen molar-refractivity contribution in [3.8, 4) is 0 Å². The van der Waals surface area contributed by atoms with E-state index in [1.165, 1.54) is 39.9 Å². The fourth-order valence-electron chi connectivity index (χ4n) is 3.41. The molecule has 5 nitrogen and oxygen atoms in total. The summed E-state index contributed by atoms with van der Waals surface area (Å²) < 4.78 is 9.92. The molecule has 1 N–H and O–H groups in total. The number of rotatable bonds is 16. The van der Waals surface area contributed by atoms with E-state index in [2.05, 4.69) is 31.2 Å². The standard InChI is InChI=1S/C25H38O5/c1-4-5-6-7-8-9-10-11-12-13-14-15-16-17-18-19-20-21(26)23(28)25(30-3)24(29-2)22(20)27/h8-9,11-12,26H,4-7,10,13-19H2,1-3H3. The van der Waals surface area contributed by atoms with E-state index < -0.39 is 17.3 Å². The van der Waals surface area contributed by atoms with Crippen molar-refractivity contribution in [2.45, 2.75) is 84.0 Å². The smallest absolute Gasteiger partial charge is 0.266 e. The monoisotopic (exact) mass is 418 g/mol. The maximum absolute atomic E-state index is 12.4. The zero-order valence-corrected chi connectivity index (χ0v) is 18.9. The Bertz CT molecular complexity index is 667. The Balaban J connectivity index is 2.18. The number of aliphatic hydroxyl groups excluding tert-OH is 1. The molecule has 0 aromatic heterocycles. The second-order valence-electron chi connectivity index (χ2n) is 7.53. The van der Waals surface area contributed by atoms with E-state index >= 15 is 0 Å². The number of methoxy groups -OCH3 is 2. The summed E-state index contributed by atoms with van der Waals surface area (Å²) in [5.74, 6) is -2.02. The number of allylic oxidation sites excluding steroid dienone is 5. The van der Waals surface area contributed by atoms with Gasteiger partial charge >= 0.3 is 0 Å². The van der Waals surface area contributed by atoms with Crippen molar-refractivity contribution in [2.75, 3.05) is 14.2 Å². The summed E-state index contributed by atoms with van der Waals surface area (Å²) in [4.78, 5) is 24.5. The first-order chi connectivity index (χ1) is 14.6. The maximum atomic E-state index is 12.4. The van der Waals surface area contributed by atoms with Crippen LogP contribution in [0.3, 0.4) is 0 Å². The molecular formula is C25H38O5. The molecule has 1 aliphatic rings. The van der Waals surface area contributed by atoms with Crippen molar-refractivity contribution >= 4 is 11.6 Å². The van der Waals surface area contributed by atoms with Crippen molar-refractivity contribution < 1.29 is 24.2 Å². The maximum Gasteiger partial charge on any atom is 0.266 e. The van der Waals surface area contributed by atoms with Crippen LogP contribution >= 0.6 is 0 Å². The van der Waals surface area contributed by atoms with Gasteiger partial charge in [0.2, 0.25) is 17.3 Å². The zero-order valence-electron chi connectivity index (χ0n) is 18.9. The van der Waals surface area contributed by atoms with Gasteiger partial charge in [0.25, 0.3) is 5.78 Å². The lowest BCUT2D eigenvalue weighted by Gasteiger charge is -2.18. The van der Waals surface area contributed by atoms with E-state index in [-0.39, 0.29) is 17.1 Å². The molecule has 168 valence electrons. The molecule has 0 aliphatic heterocycles. The van der Waals surface area contributed by atoms with E-state index in [1.54, 1.807) is 0 Å². The van der Waals surface area contributed by atoms with Crippen LogP contribution in [0.5, 0.6) is 0 Å². The second-order valence-corrected chi connectivity index (χ2v) is 7.53. The molecule has 0 fully saturated rings. The summed E-state index contributed by atoms with van der Waals surface area (Å²) in [5.41, 5.74) is 0.128. The third-order valence-corrected chi connectivity index (χ3v) is 5.18. The highest BCUT2D eigenvalue weighted by Gasteiger charge is 2.36. The first kappa shape index (κ1) is 25.7. The molecule has 0 amide bonds. The molecule has 0 unspecified atom stereocenters. The van der Waals surface area contributed by atoms with Crippen molar-refractivity contribution in [1.29, 1.82) is 0 Å². The number of ketones is 2. The number of ether oxygens (including phenoxy) is 2. The lowest BCUT2D eigenvalue weighted by molar-refractivity contribution is -0.123. The van der Waals surface area contributed by atoms with Gasteiger partial charge in [0.1, 0.15) is 0 Å². The molecule has 0 aromatic rings. The van der Waals surface area contributed by atoms with E-state index in [9.17, 15) is 14.7 Å². The summed E-state index contributed by atoms with van der Waals surface area (Å²) >= 11 is 0. The largest absolute Gasteiger partial charge is 0.504 e. The topological polar surface area (TPSA) is 72.8 Å². The number of Topliss-reactive ketones (excluding diaryl/α,β-unsaturated/α-hetero) is 2. The predicted octanol–water partition coefficient (Wildman–Crippen LogP) is 6.27. The summed E-state index contributed by atoms with van der Waals surface area (Å²) in [7, 11) is 2.59. The van der Waals surface area contributed by atoms with Crippen LogP contribution in [0, 0.1) is 0 Å². The van der Waals surface area contributed by atoms with Crippen LogP contribution in [0.15, 0.2) is 47.2 Å². The van der Waals surface area contributed by atoms with Gasteiger partial charge in [0.15, 0.2) is 5.76 Å². The molecule has 30 heavy (non-hydrogen) atoms. The summed E-state index contributed by atoms with van der Waals surface area (Å²) in [5, 5.41) is 10.1. The molecular weight excluding hydrogens is 380 g/mol. The normalized spacial score (nSPS) is 15.2. The van der Waals surface area contributed by atoms with Crippen molar-refractivity contribution in [3.63, 3.8) is 0 Å². The van der Waals surface area contributed by atoms with Crippen LogP contribution in [-0.4, -0.2) is 30.9 Å². The predicted molar refractivity (Wildman–Crippen MR) is 120 cm³/mol. The first-order valence-corrected chi connectivity index (χ1v) is 11.2. The van der Waals surface area contributed by atoms with Crippen LogP contribution in [-0.2, 0) is 19.1 Å². The fraction of sp³-hybridized carbons (Fsp3) is 0.600. The van der Waals surface area contributed by atoms with Crippen molar-refractivity contribution in [3.05, 3.63) is 47.2 Å². The molecule has 0 spiro atoms. The molecule has 0 bridgehead atoms. The SMILES string of the molecule is CCCCCC=CCC=CCCCCCCCC1=C(O)C(=O)C(OC)=C(OC)C1=O. The van der Waals surface area contributed by atoms with Gasteiger partial charge in [0.05, 0.1) is 14.2 Å². The molecule has 0 saturated carbocycles. The molecule has 0 atom stereocenters. The van der Waals surface area contributed by atoms with Crippen LogP contribution in [0.2, 0.25) is 0 Å². The lowest BCUT2D eigenvalue weighted by Crippen LogP contribution is -2.26. The summed E-state index contributed by atoms with van der Waals surface area (Å²) in [6.07, 6.45) is 21.6. The minimum Gasteiger partial charge on any atom is -0.504 e. The van der Waals surface area contributed by atoms with Crippen molar-refractivity contribution in [2.24, 2.45) is 0 Å². The van der Waals surface area contributed by atoms with Gasteiger partial charge in [-0.2, -0.15) is 0 Å². The highest BCUT2D eigenvalue weighted by Crippen LogP contribution is 2.27. The Kier molecular flexibility index (Phi) is 13.3. The number of carbonyl (C=O) groups excluding carboxylic acids is 2. The Morgan fingerprint density at radius 2 is 1.27 bits per heavy atom. The van der Waals surface area contributed by atoms with Gasteiger partial charge in [-0.3, -0.25) is 9.59 Å². The molecule has 1 aliphatic carbocycles. The Hall–Kier alpha value is -2.30. The molecule has 5 heteroatoms. The van der Waals surface area contributed by atoms with Gasteiger partial charge in [-0.05, 0) is 44.9 Å². The Morgan fingerprint density at radius 3 is 1.87 bits per heavy atom. The Morgan fingerprint density at radius 1 is 0.733 bits per heavy atom. The van der Waals surface area contributed by atoms with Crippen LogP contribution in [0.25, 0.3) is 0 Å². The quantitative estimate of drug-likeness (QED) is 0.182. The number of hydrogen-bond donors (Lipinski definition) is 1. The van der Waals surface area contributed by atoms with E-state index in [0.717, 1.165) is 44.9 Å². The minimum absolute atomic E-state index is 0.127. The van der Waals surface area contributed by atoms with Crippen molar-refractivity contribution in [1.82, 2.24) is 0 Å². The first-order valence-electron chi connectivity index (χ1n) is 11.2. The van der Waals surface area contributed by atoms with E-state index in [4.69, 9.17) is 9.47 Å². The number of unbranched alkanes of at least 4 members (excludes halogenated alkanes) is 8. The number of carbonyl (C=O) groups is 2. The summed E-state index contributed by atoms with van der Waals surface area (Å²) in [6, 6.07) is 0. The zero-order chi connectivity index (χ0) is 22.2. The van der Waals surface area contributed by atoms with Gasteiger partial charge in [-0.15, -0.1) is 0 Å². The number of hydrogen-bond acceptors (Lipinski definition) is 5. The van der Waals surface area contributed by atoms with Crippen LogP contribution < -0.4 is 0 Å². The van der Waals surface area contributed by atoms with Crippen LogP contribution in [0.4, 0.5) is 0 Å². The third-order valence-electron chi connectivity index (χ3n) is 5.18. The average Bonchev–Trinajstić information content (AvgIpc) is 2.75. The minimum atomic E-state index is -0.688. The third kappa shape index (κ3) is 8.60. The summed E-state index contributed by atoms with van der Waals surface area (Å²) in [6.45, 7) is 2.22. The Labute approximate surface area is 181 Å². The van der Waals surface area contributed by atoms with Crippen LogP contribution in [0.1, 0.15) is 84.0 Å². The molecule has 0 aromatic carbocycles. The number of aliphatic hydroxyl groups is 1. The molecule has 0 saturated heterocycles. The lowest BCUT2D eigenvalue weighted by atomic mass is 9.93. The fourth-order valence-corrected chi connectivity index (χ4v) is 3.41. The van der Waals surface area contributed by atoms with Gasteiger partial charge in [-0.25, -0.2) is 0 Å². The highest BCUT2D eigenvalue weighted by molar-refractivity contribution is 6.22.